The molecule has 0 atom stereocenters. The molecule has 1 aliphatic rings. The van der Waals surface area contributed by atoms with Gasteiger partial charge in [-0.3, -0.25) is 9.67 Å². The van der Waals surface area contributed by atoms with Crippen molar-refractivity contribution in [3.63, 3.8) is 0 Å². The molecular weight excluding hydrogens is 320 g/mol. The van der Waals surface area contributed by atoms with Crippen molar-refractivity contribution in [3.05, 3.63) is 35.5 Å². The summed E-state index contributed by atoms with van der Waals surface area (Å²) in [6.07, 6.45) is 3.95. The Balaban J connectivity index is 1.54. The summed E-state index contributed by atoms with van der Waals surface area (Å²) in [5.41, 5.74) is 1.19. The van der Waals surface area contributed by atoms with Gasteiger partial charge in [-0.05, 0) is 36.9 Å². The van der Waals surface area contributed by atoms with E-state index in [1.165, 1.54) is 10.6 Å². The van der Waals surface area contributed by atoms with Crippen molar-refractivity contribution in [2.45, 2.75) is 20.4 Å². The second-order valence-electron chi connectivity index (χ2n) is 5.94. The number of piperazine rings is 1. The molecule has 130 valence electrons. The Hall–Kier alpha value is -2.02. The summed E-state index contributed by atoms with van der Waals surface area (Å²) in [7, 11) is 0. The summed E-state index contributed by atoms with van der Waals surface area (Å²) >= 11 is 1.81. The first-order valence-corrected chi connectivity index (χ1v) is 9.45. The number of aromatic nitrogens is 2. The zero-order chi connectivity index (χ0) is 16.8. The van der Waals surface area contributed by atoms with Gasteiger partial charge in [0.25, 0.3) is 0 Å². The van der Waals surface area contributed by atoms with Crippen molar-refractivity contribution in [2.75, 3.05) is 44.2 Å². The third-order valence-electron chi connectivity index (χ3n) is 4.08. The van der Waals surface area contributed by atoms with Crippen LogP contribution >= 0.6 is 11.3 Å². The molecule has 1 N–H and O–H groups in total. The average Bonchev–Trinajstić information content (AvgIpc) is 3.26. The highest BCUT2D eigenvalue weighted by molar-refractivity contribution is 7.14. The molecule has 0 bridgehead atoms. The molecule has 0 radical (unpaired) electrons. The summed E-state index contributed by atoms with van der Waals surface area (Å²) in [5.74, 6) is 1.02. The molecule has 0 aromatic carbocycles. The van der Waals surface area contributed by atoms with Gasteiger partial charge in [0, 0.05) is 38.9 Å². The second kappa shape index (κ2) is 8.19. The summed E-state index contributed by atoms with van der Waals surface area (Å²) < 4.78 is 1.96. The number of hydrogen-bond acceptors (Lipinski definition) is 4. The maximum absolute atomic E-state index is 4.78. The van der Waals surface area contributed by atoms with Crippen molar-refractivity contribution in [1.29, 1.82) is 0 Å². The van der Waals surface area contributed by atoms with E-state index in [4.69, 9.17) is 4.99 Å². The predicted octanol–water partition coefficient (Wildman–Crippen LogP) is 2.04. The fourth-order valence-electron chi connectivity index (χ4n) is 2.86. The van der Waals surface area contributed by atoms with Crippen molar-refractivity contribution in [1.82, 2.24) is 20.0 Å². The van der Waals surface area contributed by atoms with Crippen LogP contribution in [-0.4, -0.2) is 59.9 Å². The standard InChI is InChI=1S/C17H26N6S/c1-3-18-17(19-6-7-23-14-15(2)13-20-23)22-10-8-21(9-11-22)16-5-4-12-24-16/h4-5,12-14H,3,6-11H2,1-2H3,(H,18,19). The van der Waals surface area contributed by atoms with E-state index in [9.17, 15) is 0 Å². The van der Waals surface area contributed by atoms with Gasteiger partial charge >= 0.3 is 0 Å². The summed E-state index contributed by atoms with van der Waals surface area (Å²) in [4.78, 5) is 9.60. The van der Waals surface area contributed by atoms with Crippen LogP contribution in [0, 0.1) is 6.92 Å². The Labute approximate surface area is 147 Å². The number of aryl methyl sites for hydroxylation is 1. The first-order chi connectivity index (χ1) is 11.8. The van der Waals surface area contributed by atoms with Gasteiger partial charge in [-0.2, -0.15) is 5.10 Å². The maximum atomic E-state index is 4.78. The smallest absolute Gasteiger partial charge is 0.194 e. The number of nitrogens with one attached hydrogen (secondary N) is 1. The molecule has 2 aromatic rings. The van der Waals surface area contributed by atoms with E-state index in [1.54, 1.807) is 0 Å². The van der Waals surface area contributed by atoms with Crippen LogP contribution in [0.25, 0.3) is 0 Å². The van der Waals surface area contributed by atoms with E-state index >= 15 is 0 Å². The van der Waals surface area contributed by atoms with Crippen LogP contribution in [0.5, 0.6) is 0 Å². The first-order valence-electron chi connectivity index (χ1n) is 8.57. The number of anilines is 1. The molecule has 1 saturated heterocycles. The Morgan fingerprint density at radius 1 is 1.33 bits per heavy atom. The highest BCUT2D eigenvalue weighted by atomic mass is 32.1. The van der Waals surface area contributed by atoms with Crippen LogP contribution in [0.3, 0.4) is 0 Å². The van der Waals surface area contributed by atoms with E-state index in [-0.39, 0.29) is 0 Å². The summed E-state index contributed by atoms with van der Waals surface area (Å²) in [6, 6.07) is 4.32. The van der Waals surface area contributed by atoms with Gasteiger partial charge in [-0.15, -0.1) is 11.3 Å². The molecule has 0 amide bonds. The number of thiophene rings is 1. The van der Waals surface area contributed by atoms with E-state index in [0.29, 0.717) is 0 Å². The third-order valence-corrected chi connectivity index (χ3v) is 5.01. The number of guanidine groups is 1. The lowest BCUT2D eigenvalue weighted by Gasteiger charge is -2.37. The molecule has 2 aromatic heterocycles. The van der Waals surface area contributed by atoms with Gasteiger partial charge < -0.3 is 15.1 Å². The summed E-state index contributed by atoms with van der Waals surface area (Å²) in [6.45, 7) is 10.7. The van der Waals surface area contributed by atoms with Crippen molar-refractivity contribution < 1.29 is 0 Å². The Bertz CT molecular complexity index is 640. The maximum Gasteiger partial charge on any atom is 0.194 e. The monoisotopic (exact) mass is 346 g/mol. The van der Waals surface area contributed by atoms with E-state index in [0.717, 1.165) is 51.8 Å². The normalized spacial score (nSPS) is 15.8. The minimum atomic E-state index is 0.745. The quantitative estimate of drug-likeness (QED) is 0.665. The van der Waals surface area contributed by atoms with Crippen LogP contribution in [0.1, 0.15) is 12.5 Å². The van der Waals surface area contributed by atoms with Crippen LogP contribution < -0.4 is 10.2 Å². The molecule has 6 nitrogen and oxygen atoms in total. The second-order valence-corrected chi connectivity index (χ2v) is 6.87. The van der Waals surface area contributed by atoms with Gasteiger partial charge in [-0.25, -0.2) is 0 Å². The largest absolute Gasteiger partial charge is 0.360 e. The number of hydrogen-bond donors (Lipinski definition) is 1. The molecule has 0 saturated carbocycles. The average molecular weight is 347 g/mol. The molecule has 1 fully saturated rings. The molecular formula is C17H26N6S. The molecule has 3 rings (SSSR count). The van der Waals surface area contributed by atoms with Crippen LogP contribution in [0.15, 0.2) is 34.9 Å². The van der Waals surface area contributed by atoms with Gasteiger partial charge in [0.15, 0.2) is 5.96 Å². The lowest BCUT2D eigenvalue weighted by atomic mass is 10.3. The van der Waals surface area contributed by atoms with Gasteiger partial charge in [0.2, 0.25) is 0 Å². The zero-order valence-corrected chi connectivity index (χ0v) is 15.3. The first kappa shape index (κ1) is 16.8. The van der Waals surface area contributed by atoms with Gasteiger partial charge in [0.1, 0.15) is 0 Å². The predicted molar refractivity (Wildman–Crippen MR) is 101 cm³/mol. The molecule has 3 heterocycles. The van der Waals surface area contributed by atoms with Crippen LogP contribution in [0.4, 0.5) is 5.00 Å². The van der Waals surface area contributed by atoms with Gasteiger partial charge in [0.05, 0.1) is 24.3 Å². The number of aliphatic imine (C=N–C) groups is 1. The van der Waals surface area contributed by atoms with E-state index < -0.39 is 0 Å². The molecule has 0 aliphatic carbocycles. The van der Waals surface area contributed by atoms with Crippen molar-refractivity contribution in [3.8, 4) is 0 Å². The van der Waals surface area contributed by atoms with Crippen LogP contribution in [-0.2, 0) is 6.54 Å². The highest BCUT2D eigenvalue weighted by Crippen LogP contribution is 2.22. The summed E-state index contributed by atoms with van der Waals surface area (Å²) in [5, 5.41) is 11.3. The lowest BCUT2D eigenvalue weighted by molar-refractivity contribution is 0.373. The molecule has 1 aliphatic heterocycles. The van der Waals surface area contributed by atoms with E-state index in [1.807, 2.05) is 22.2 Å². The minimum Gasteiger partial charge on any atom is -0.360 e. The fraction of sp³-hybridized carbons (Fsp3) is 0.529. The highest BCUT2D eigenvalue weighted by Gasteiger charge is 2.20. The van der Waals surface area contributed by atoms with Crippen molar-refractivity contribution in [2.24, 2.45) is 4.99 Å². The topological polar surface area (TPSA) is 48.7 Å². The minimum absolute atomic E-state index is 0.745. The van der Waals surface area contributed by atoms with Crippen molar-refractivity contribution >= 4 is 22.3 Å². The molecule has 0 unspecified atom stereocenters. The zero-order valence-electron chi connectivity index (χ0n) is 14.5. The third kappa shape index (κ3) is 4.29. The van der Waals surface area contributed by atoms with E-state index in [2.05, 4.69) is 57.8 Å². The van der Waals surface area contributed by atoms with Gasteiger partial charge in [-0.1, -0.05) is 0 Å². The Kier molecular flexibility index (Phi) is 5.74. The Morgan fingerprint density at radius 2 is 2.17 bits per heavy atom. The molecule has 0 spiro atoms. The fourth-order valence-corrected chi connectivity index (χ4v) is 3.65. The molecule has 24 heavy (non-hydrogen) atoms. The lowest BCUT2D eigenvalue weighted by Crippen LogP contribution is -2.52. The number of nitrogens with zero attached hydrogens (tertiary/aromatic N) is 5. The Morgan fingerprint density at radius 3 is 2.79 bits per heavy atom. The molecule has 7 heteroatoms. The number of rotatable bonds is 5. The SMILES string of the molecule is CCNC(=NCCn1cc(C)cn1)N1CCN(c2cccs2)CC1. The van der Waals surface area contributed by atoms with Crippen LogP contribution in [0.2, 0.25) is 0 Å².